The summed E-state index contributed by atoms with van der Waals surface area (Å²) in [6, 6.07) is 1.45. The Labute approximate surface area is 130 Å². The van der Waals surface area contributed by atoms with E-state index in [9.17, 15) is 13.2 Å². The molecule has 8 heteroatoms. The maximum absolute atomic E-state index is 12.6. The van der Waals surface area contributed by atoms with Crippen LogP contribution in [0.25, 0.3) is 0 Å². The lowest BCUT2D eigenvalue weighted by atomic mass is 10.3. The number of hydrogen-bond donors (Lipinski definition) is 1. The molecule has 6 nitrogen and oxygen atoms in total. The van der Waals surface area contributed by atoms with Gasteiger partial charge >= 0.3 is 5.97 Å². The first kappa shape index (κ1) is 18.1. The number of carbonyl (C=O) groups is 1. The average Bonchev–Trinajstić information content (AvgIpc) is 2.77. The van der Waals surface area contributed by atoms with Crippen LogP contribution in [-0.4, -0.2) is 62.4 Å². The van der Waals surface area contributed by atoms with Gasteiger partial charge < -0.3 is 10.0 Å². The van der Waals surface area contributed by atoms with Crippen LogP contribution in [0, 0.1) is 6.92 Å². The van der Waals surface area contributed by atoms with Gasteiger partial charge in [0, 0.05) is 19.6 Å². The molecular formula is C13H22N2O4S2. The van der Waals surface area contributed by atoms with Crippen molar-refractivity contribution in [3.8, 4) is 0 Å². The summed E-state index contributed by atoms with van der Waals surface area (Å²) in [5, 5.41) is 9.06. The Morgan fingerprint density at radius 1 is 1.29 bits per heavy atom. The molecule has 0 spiro atoms. The van der Waals surface area contributed by atoms with E-state index in [-0.39, 0.29) is 9.09 Å². The van der Waals surface area contributed by atoms with Crippen LogP contribution >= 0.6 is 11.3 Å². The number of thiophene rings is 1. The molecule has 0 fully saturated rings. The summed E-state index contributed by atoms with van der Waals surface area (Å²) in [7, 11) is 0.135. The van der Waals surface area contributed by atoms with Gasteiger partial charge in [-0.15, -0.1) is 11.3 Å². The van der Waals surface area contributed by atoms with Crippen molar-refractivity contribution in [2.75, 3.05) is 33.7 Å². The molecule has 120 valence electrons. The first-order chi connectivity index (χ1) is 9.70. The maximum Gasteiger partial charge on any atom is 0.346 e. The fraction of sp³-hybridized carbons (Fsp3) is 0.615. The number of sulfonamides is 1. The molecule has 0 bridgehead atoms. The van der Waals surface area contributed by atoms with Crippen molar-refractivity contribution >= 4 is 27.3 Å². The summed E-state index contributed by atoms with van der Waals surface area (Å²) in [5.41, 5.74) is 0.482. The summed E-state index contributed by atoms with van der Waals surface area (Å²) >= 11 is 0.820. The fourth-order valence-corrected chi connectivity index (χ4v) is 4.89. The van der Waals surface area contributed by atoms with Gasteiger partial charge in [0.25, 0.3) is 10.0 Å². The molecule has 21 heavy (non-hydrogen) atoms. The highest BCUT2D eigenvalue weighted by Gasteiger charge is 2.27. The SMILES string of the molecule is CCCN(CCN(C)C)S(=O)(=O)c1cc(C)c(C(=O)O)s1. The lowest BCUT2D eigenvalue weighted by molar-refractivity contribution is 0.0701. The zero-order valence-electron chi connectivity index (χ0n) is 12.8. The normalized spacial score (nSPS) is 12.3. The van der Waals surface area contributed by atoms with E-state index in [4.69, 9.17) is 5.11 Å². The van der Waals surface area contributed by atoms with Crippen molar-refractivity contribution in [2.24, 2.45) is 0 Å². The molecule has 1 rings (SSSR count). The first-order valence-electron chi connectivity index (χ1n) is 6.68. The van der Waals surface area contributed by atoms with E-state index >= 15 is 0 Å². The van der Waals surface area contributed by atoms with Gasteiger partial charge in [0.15, 0.2) is 0 Å². The summed E-state index contributed by atoms with van der Waals surface area (Å²) < 4.78 is 26.8. The van der Waals surface area contributed by atoms with Crippen molar-refractivity contribution in [1.82, 2.24) is 9.21 Å². The molecule has 0 unspecified atom stereocenters. The Hall–Kier alpha value is -0.960. The smallest absolute Gasteiger partial charge is 0.346 e. The van der Waals surface area contributed by atoms with E-state index < -0.39 is 16.0 Å². The molecule has 0 saturated carbocycles. The van der Waals surface area contributed by atoms with Gasteiger partial charge in [-0.25, -0.2) is 13.2 Å². The average molecular weight is 334 g/mol. The third-order valence-electron chi connectivity index (χ3n) is 2.95. The molecule has 1 heterocycles. The Bertz CT molecular complexity index is 593. The third kappa shape index (κ3) is 4.50. The van der Waals surface area contributed by atoms with Gasteiger partial charge in [-0.1, -0.05) is 6.92 Å². The van der Waals surface area contributed by atoms with Crippen LogP contribution in [0.15, 0.2) is 10.3 Å². The minimum atomic E-state index is -3.63. The van der Waals surface area contributed by atoms with Crippen molar-refractivity contribution in [3.63, 3.8) is 0 Å². The number of carboxylic acids is 1. The van der Waals surface area contributed by atoms with Crippen LogP contribution in [0.3, 0.4) is 0 Å². The summed E-state index contributed by atoms with van der Waals surface area (Å²) in [6.07, 6.45) is 0.711. The van der Waals surface area contributed by atoms with Crippen LogP contribution in [-0.2, 0) is 10.0 Å². The zero-order chi connectivity index (χ0) is 16.2. The highest BCUT2D eigenvalue weighted by atomic mass is 32.2. The molecule has 1 aromatic heterocycles. The number of hydrogen-bond acceptors (Lipinski definition) is 5. The van der Waals surface area contributed by atoms with Gasteiger partial charge in [0.1, 0.15) is 9.09 Å². The van der Waals surface area contributed by atoms with Crippen LogP contribution in [0.2, 0.25) is 0 Å². The van der Waals surface area contributed by atoms with Gasteiger partial charge in [-0.05, 0) is 39.1 Å². The van der Waals surface area contributed by atoms with E-state index in [0.29, 0.717) is 31.6 Å². The van der Waals surface area contributed by atoms with Crippen LogP contribution in [0.5, 0.6) is 0 Å². The van der Waals surface area contributed by atoms with Gasteiger partial charge in [-0.3, -0.25) is 0 Å². The topological polar surface area (TPSA) is 77.9 Å². The molecule has 0 saturated heterocycles. The van der Waals surface area contributed by atoms with Crippen molar-refractivity contribution in [1.29, 1.82) is 0 Å². The fourth-order valence-electron chi connectivity index (χ4n) is 1.83. The van der Waals surface area contributed by atoms with Crippen molar-refractivity contribution in [3.05, 3.63) is 16.5 Å². The molecule has 0 aliphatic rings. The molecule has 0 aromatic carbocycles. The summed E-state index contributed by atoms with van der Waals surface area (Å²) in [4.78, 5) is 13.1. The Morgan fingerprint density at radius 2 is 1.90 bits per heavy atom. The minimum absolute atomic E-state index is 0.0811. The monoisotopic (exact) mass is 334 g/mol. The van der Waals surface area contributed by atoms with E-state index in [1.807, 2.05) is 25.9 Å². The molecule has 0 aliphatic heterocycles. The number of aromatic carboxylic acids is 1. The number of carboxylic acid groups (broad SMARTS) is 1. The van der Waals surface area contributed by atoms with Crippen LogP contribution in [0.4, 0.5) is 0 Å². The lowest BCUT2D eigenvalue weighted by Crippen LogP contribution is -2.36. The van der Waals surface area contributed by atoms with Crippen LogP contribution in [0.1, 0.15) is 28.6 Å². The first-order valence-corrected chi connectivity index (χ1v) is 8.94. The van der Waals surface area contributed by atoms with E-state index in [1.54, 1.807) is 6.92 Å². The molecule has 0 amide bonds. The minimum Gasteiger partial charge on any atom is -0.477 e. The largest absolute Gasteiger partial charge is 0.477 e. The van der Waals surface area contributed by atoms with Gasteiger partial charge in [-0.2, -0.15) is 4.31 Å². The predicted octanol–water partition coefficient (Wildman–Crippen LogP) is 1.72. The van der Waals surface area contributed by atoms with Crippen molar-refractivity contribution < 1.29 is 18.3 Å². The number of likely N-dealkylation sites (N-methyl/N-ethyl adjacent to an activating group) is 1. The standard InChI is InChI=1S/C13H22N2O4S2/c1-5-6-15(8-7-14(3)4)21(18,19)11-9-10(2)12(20-11)13(16)17/h9H,5-8H2,1-4H3,(H,16,17). The van der Waals surface area contributed by atoms with Crippen LogP contribution < -0.4 is 0 Å². The summed E-state index contributed by atoms with van der Waals surface area (Å²) in [5.74, 6) is -1.09. The van der Waals surface area contributed by atoms with E-state index in [0.717, 1.165) is 11.3 Å². The Balaban J connectivity index is 3.10. The molecule has 0 aliphatic carbocycles. The Kier molecular flexibility index (Phi) is 6.33. The summed E-state index contributed by atoms with van der Waals surface area (Å²) in [6.45, 7) is 4.97. The second-order valence-electron chi connectivity index (χ2n) is 5.09. The third-order valence-corrected chi connectivity index (χ3v) is 6.53. The number of aryl methyl sites for hydroxylation is 1. The maximum atomic E-state index is 12.6. The molecule has 0 radical (unpaired) electrons. The van der Waals surface area contributed by atoms with Crippen molar-refractivity contribution in [2.45, 2.75) is 24.5 Å². The van der Waals surface area contributed by atoms with E-state index in [2.05, 4.69) is 0 Å². The predicted molar refractivity (Wildman–Crippen MR) is 83.6 cm³/mol. The zero-order valence-corrected chi connectivity index (χ0v) is 14.4. The number of rotatable bonds is 8. The molecule has 1 aromatic rings. The molecular weight excluding hydrogens is 312 g/mol. The van der Waals surface area contributed by atoms with Gasteiger partial charge in [0.2, 0.25) is 0 Å². The lowest BCUT2D eigenvalue weighted by Gasteiger charge is -2.22. The van der Waals surface area contributed by atoms with Gasteiger partial charge in [0.05, 0.1) is 0 Å². The molecule has 0 atom stereocenters. The second kappa shape index (κ2) is 7.35. The van der Waals surface area contributed by atoms with E-state index in [1.165, 1.54) is 10.4 Å². The number of nitrogens with zero attached hydrogens (tertiary/aromatic N) is 2. The quantitative estimate of drug-likeness (QED) is 0.783. The second-order valence-corrected chi connectivity index (χ2v) is 8.31. The highest BCUT2D eigenvalue weighted by molar-refractivity contribution is 7.91. The molecule has 1 N–H and O–H groups in total. The Morgan fingerprint density at radius 3 is 2.33 bits per heavy atom. The highest BCUT2D eigenvalue weighted by Crippen LogP contribution is 2.28.